The second-order valence-electron chi connectivity index (χ2n) is 6.38. The molecule has 0 saturated heterocycles. The standard InChI is InChI=1S/C21H21ClN2O3S2/c1-4-12(2)27-15-7-5-6-13(10-15)23-21(28)24-20(25)19-18(22)16-9-8-14(26-3)11-17(16)29-19/h5-12H,4H2,1-3H3,(H2,23,24,25,28). The van der Waals surface area contributed by atoms with Crippen LogP contribution in [0.25, 0.3) is 10.1 Å². The lowest BCUT2D eigenvalue weighted by Crippen LogP contribution is -2.33. The van der Waals surface area contributed by atoms with E-state index in [2.05, 4.69) is 17.6 Å². The van der Waals surface area contributed by atoms with Gasteiger partial charge in [0, 0.05) is 21.8 Å². The molecule has 1 aromatic heterocycles. The molecule has 29 heavy (non-hydrogen) atoms. The molecule has 1 atom stereocenters. The van der Waals surface area contributed by atoms with Crippen LogP contribution in [0.15, 0.2) is 42.5 Å². The molecule has 0 saturated carbocycles. The fourth-order valence-corrected chi connectivity index (χ4v) is 4.25. The van der Waals surface area contributed by atoms with Crippen molar-refractivity contribution in [3.8, 4) is 11.5 Å². The number of amides is 1. The zero-order valence-corrected chi connectivity index (χ0v) is 18.6. The minimum atomic E-state index is -0.361. The predicted octanol–water partition coefficient (Wildman–Crippen LogP) is 5.87. The highest BCUT2D eigenvalue weighted by Gasteiger charge is 2.18. The van der Waals surface area contributed by atoms with Crippen molar-refractivity contribution < 1.29 is 14.3 Å². The molecule has 0 bridgehead atoms. The minimum Gasteiger partial charge on any atom is -0.497 e. The Morgan fingerprint density at radius 1 is 1.24 bits per heavy atom. The van der Waals surface area contributed by atoms with Crippen LogP contribution < -0.4 is 20.1 Å². The zero-order valence-electron chi connectivity index (χ0n) is 16.2. The predicted molar refractivity (Wildman–Crippen MR) is 124 cm³/mol. The summed E-state index contributed by atoms with van der Waals surface area (Å²) >= 11 is 13.0. The van der Waals surface area contributed by atoms with Crippen LogP contribution >= 0.6 is 35.2 Å². The summed E-state index contributed by atoms with van der Waals surface area (Å²) in [6.45, 7) is 4.07. The molecular formula is C21H21ClN2O3S2. The third-order valence-corrected chi connectivity index (χ3v) is 6.13. The van der Waals surface area contributed by atoms with Gasteiger partial charge in [-0.3, -0.25) is 10.1 Å². The summed E-state index contributed by atoms with van der Waals surface area (Å²) in [6, 6.07) is 12.9. The topological polar surface area (TPSA) is 59.6 Å². The average Bonchev–Trinajstić information content (AvgIpc) is 3.04. The Labute approximate surface area is 184 Å². The van der Waals surface area contributed by atoms with Gasteiger partial charge in [0.05, 0.1) is 18.2 Å². The quantitative estimate of drug-likeness (QED) is 0.462. The lowest BCUT2D eigenvalue weighted by molar-refractivity contribution is 0.0982. The van der Waals surface area contributed by atoms with E-state index < -0.39 is 0 Å². The first kappa shape index (κ1) is 21.4. The van der Waals surface area contributed by atoms with E-state index in [0.29, 0.717) is 15.6 Å². The highest BCUT2D eigenvalue weighted by molar-refractivity contribution is 7.80. The van der Waals surface area contributed by atoms with Crippen LogP contribution in [0.5, 0.6) is 11.5 Å². The molecule has 2 N–H and O–H groups in total. The number of ether oxygens (including phenoxy) is 2. The Morgan fingerprint density at radius 2 is 2.03 bits per heavy atom. The Balaban J connectivity index is 1.70. The van der Waals surface area contributed by atoms with Gasteiger partial charge in [-0.15, -0.1) is 11.3 Å². The first-order valence-corrected chi connectivity index (χ1v) is 10.7. The summed E-state index contributed by atoms with van der Waals surface area (Å²) in [5, 5.41) is 7.07. The van der Waals surface area contributed by atoms with Crippen molar-refractivity contribution in [1.29, 1.82) is 0 Å². The van der Waals surface area contributed by atoms with Gasteiger partial charge in [-0.2, -0.15) is 0 Å². The molecule has 1 unspecified atom stereocenters. The second-order valence-corrected chi connectivity index (χ2v) is 8.22. The molecule has 3 rings (SSSR count). The van der Waals surface area contributed by atoms with Crippen LogP contribution in [-0.2, 0) is 0 Å². The van der Waals surface area contributed by atoms with Crippen molar-refractivity contribution in [3.05, 3.63) is 52.4 Å². The summed E-state index contributed by atoms with van der Waals surface area (Å²) in [7, 11) is 1.59. The van der Waals surface area contributed by atoms with E-state index >= 15 is 0 Å². The molecule has 8 heteroatoms. The van der Waals surface area contributed by atoms with E-state index in [-0.39, 0.29) is 17.1 Å². The summed E-state index contributed by atoms with van der Waals surface area (Å²) in [6.07, 6.45) is 1.03. The molecule has 0 aliphatic heterocycles. The molecule has 0 aliphatic rings. The number of benzene rings is 2. The Kier molecular flexibility index (Phi) is 6.95. The number of nitrogens with one attached hydrogen (secondary N) is 2. The third-order valence-electron chi connectivity index (χ3n) is 4.27. The maximum Gasteiger partial charge on any atom is 0.269 e. The highest BCUT2D eigenvalue weighted by atomic mass is 35.5. The van der Waals surface area contributed by atoms with E-state index in [1.807, 2.05) is 49.4 Å². The van der Waals surface area contributed by atoms with Gasteiger partial charge in [-0.25, -0.2) is 0 Å². The molecule has 1 heterocycles. The fraction of sp³-hybridized carbons (Fsp3) is 0.238. The molecule has 152 valence electrons. The number of halogens is 1. The van der Waals surface area contributed by atoms with Crippen molar-refractivity contribution in [2.75, 3.05) is 12.4 Å². The lowest BCUT2D eigenvalue weighted by Gasteiger charge is -2.14. The normalized spacial score (nSPS) is 11.7. The van der Waals surface area contributed by atoms with Gasteiger partial charge in [-0.05, 0) is 55.9 Å². The largest absolute Gasteiger partial charge is 0.497 e. The molecule has 0 radical (unpaired) electrons. The van der Waals surface area contributed by atoms with E-state index in [9.17, 15) is 4.79 Å². The van der Waals surface area contributed by atoms with Crippen molar-refractivity contribution in [1.82, 2.24) is 5.32 Å². The molecule has 5 nitrogen and oxygen atoms in total. The van der Waals surface area contributed by atoms with Gasteiger partial charge in [0.15, 0.2) is 5.11 Å². The van der Waals surface area contributed by atoms with Crippen LogP contribution in [0.1, 0.15) is 29.9 Å². The summed E-state index contributed by atoms with van der Waals surface area (Å²) in [5.74, 6) is 1.08. The van der Waals surface area contributed by atoms with Crippen LogP contribution in [0.4, 0.5) is 5.69 Å². The average molecular weight is 449 g/mol. The van der Waals surface area contributed by atoms with E-state index in [1.54, 1.807) is 7.11 Å². The number of thiocarbonyl (C=S) groups is 1. The van der Waals surface area contributed by atoms with Crippen LogP contribution in [0.3, 0.4) is 0 Å². The Bertz CT molecular complexity index is 1050. The van der Waals surface area contributed by atoms with Crippen molar-refractivity contribution in [2.45, 2.75) is 26.4 Å². The lowest BCUT2D eigenvalue weighted by atomic mass is 10.2. The van der Waals surface area contributed by atoms with E-state index in [1.165, 1.54) is 11.3 Å². The SMILES string of the molecule is CCC(C)Oc1cccc(NC(=S)NC(=O)c2sc3cc(OC)ccc3c2Cl)c1. The van der Waals surface area contributed by atoms with Crippen LogP contribution in [-0.4, -0.2) is 24.2 Å². The fourth-order valence-electron chi connectivity index (χ4n) is 2.60. The number of carbonyl (C=O) groups is 1. The smallest absolute Gasteiger partial charge is 0.269 e. The monoisotopic (exact) mass is 448 g/mol. The summed E-state index contributed by atoms with van der Waals surface area (Å²) in [4.78, 5) is 13.1. The summed E-state index contributed by atoms with van der Waals surface area (Å²) < 4.78 is 11.9. The van der Waals surface area contributed by atoms with Gasteiger partial charge in [0.1, 0.15) is 16.4 Å². The zero-order chi connectivity index (χ0) is 21.0. The highest BCUT2D eigenvalue weighted by Crippen LogP contribution is 2.37. The van der Waals surface area contributed by atoms with Crippen molar-refractivity contribution >= 4 is 61.9 Å². The van der Waals surface area contributed by atoms with Gasteiger partial charge in [0.25, 0.3) is 5.91 Å². The van der Waals surface area contributed by atoms with Gasteiger partial charge in [0.2, 0.25) is 0 Å². The molecule has 2 aromatic carbocycles. The Morgan fingerprint density at radius 3 is 2.76 bits per heavy atom. The van der Waals surface area contributed by atoms with Gasteiger partial charge < -0.3 is 14.8 Å². The summed E-state index contributed by atoms with van der Waals surface area (Å²) in [5.41, 5.74) is 0.725. The molecular weight excluding hydrogens is 428 g/mol. The maximum absolute atomic E-state index is 12.7. The number of methoxy groups -OCH3 is 1. The number of fused-ring (bicyclic) bond motifs is 1. The van der Waals surface area contributed by atoms with Gasteiger partial charge >= 0.3 is 0 Å². The first-order valence-electron chi connectivity index (χ1n) is 9.06. The number of anilines is 1. The molecule has 3 aromatic rings. The van der Waals surface area contributed by atoms with E-state index in [4.69, 9.17) is 33.3 Å². The first-order chi connectivity index (χ1) is 13.9. The number of rotatable bonds is 6. The van der Waals surface area contributed by atoms with Crippen LogP contribution in [0, 0.1) is 0 Å². The number of thiophene rings is 1. The van der Waals surface area contributed by atoms with Gasteiger partial charge in [-0.1, -0.05) is 24.6 Å². The molecule has 0 aliphatic carbocycles. The second kappa shape index (κ2) is 9.43. The number of hydrogen-bond acceptors (Lipinski definition) is 5. The molecule has 0 fully saturated rings. The van der Waals surface area contributed by atoms with E-state index in [0.717, 1.165) is 27.9 Å². The number of hydrogen-bond donors (Lipinski definition) is 2. The Hall–Kier alpha value is -2.35. The maximum atomic E-state index is 12.7. The van der Waals surface area contributed by atoms with Crippen molar-refractivity contribution in [2.24, 2.45) is 0 Å². The molecule has 1 amide bonds. The van der Waals surface area contributed by atoms with Crippen molar-refractivity contribution in [3.63, 3.8) is 0 Å². The molecule has 0 spiro atoms. The number of carbonyl (C=O) groups excluding carboxylic acids is 1. The van der Waals surface area contributed by atoms with Crippen LogP contribution in [0.2, 0.25) is 5.02 Å². The third kappa shape index (κ3) is 5.18. The minimum absolute atomic E-state index is 0.116.